The first-order valence-electron chi connectivity index (χ1n) is 3.64. The van der Waals surface area contributed by atoms with Gasteiger partial charge in [-0.25, -0.2) is 0 Å². The van der Waals surface area contributed by atoms with Crippen LogP contribution in [0.2, 0.25) is 0 Å². The molecule has 0 bridgehead atoms. The lowest BCUT2D eigenvalue weighted by Gasteiger charge is -2.00. The molecule has 0 aliphatic carbocycles. The molecule has 4 heteroatoms. The molecular formula is C8H10N2O2. The average Bonchev–Trinajstić information content (AvgIpc) is 2.03. The molecule has 1 amide bonds. The fourth-order valence-electron chi connectivity index (χ4n) is 0.876. The van der Waals surface area contributed by atoms with Crippen LogP contribution in [-0.2, 0) is 11.3 Å². The predicted molar refractivity (Wildman–Crippen MR) is 44.5 cm³/mol. The number of primary amides is 1. The third-order valence-electron chi connectivity index (χ3n) is 1.50. The Labute approximate surface area is 69.6 Å². The second-order valence-electron chi connectivity index (χ2n) is 2.45. The van der Waals surface area contributed by atoms with Crippen LogP contribution in [0.1, 0.15) is 6.42 Å². The molecule has 0 aromatic carbocycles. The first kappa shape index (κ1) is 8.52. The Bertz CT molecular complexity index is 330. The van der Waals surface area contributed by atoms with Crippen LogP contribution < -0.4 is 11.3 Å². The van der Waals surface area contributed by atoms with Gasteiger partial charge in [0, 0.05) is 25.2 Å². The Balaban J connectivity index is 2.70. The summed E-state index contributed by atoms with van der Waals surface area (Å²) in [7, 11) is 0. The quantitative estimate of drug-likeness (QED) is 0.671. The molecule has 2 N–H and O–H groups in total. The highest BCUT2D eigenvalue weighted by atomic mass is 16.1. The number of nitrogens with zero attached hydrogens (tertiary/aromatic N) is 1. The van der Waals surface area contributed by atoms with Crippen LogP contribution in [0.15, 0.2) is 29.2 Å². The number of hydrogen-bond donors (Lipinski definition) is 1. The van der Waals surface area contributed by atoms with E-state index >= 15 is 0 Å². The predicted octanol–water partition coefficient (Wildman–Crippen LogP) is -0.276. The normalized spacial score (nSPS) is 9.67. The standard InChI is InChI=1S/C8H10N2O2/c9-7(11)4-6-10-5-2-1-3-8(10)12/h1-3,5H,4,6H2,(H2,9,11). The molecule has 0 spiro atoms. The molecule has 0 radical (unpaired) electrons. The summed E-state index contributed by atoms with van der Waals surface area (Å²) in [4.78, 5) is 21.4. The van der Waals surface area contributed by atoms with E-state index in [1.54, 1.807) is 18.3 Å². The minimum atomic E-state index is -0.397. The first-order valence-corrected chi connectivity index (χ1v) is 3.64. The molecule has 0 saturated heterocycles. The van der Waals surface area contributed by atoms with E-state index in [1.165, 1.54) is 10.6 Å². The minimum absolute atomic E-state index is 0.112. The Hall–Kier alpha value is -1.58. The lowest BCUT2D eigenvalue weighted by molar-refractivity contribution is -0.118. The maximum Gasteiger partial charge on any atom is 0.250 e. The van der Waals surface area contributed by atoms with Gasteiger partial charge in [-0.2, -0.15) is 0 Å². The van der Waals surface area contributed by atoms with Gasteiger partial charge in [0.05, 0.1) is 0 Å². The third-order valence-corrected chi connectivity index (χ3v) is 1.50. The molecule has 0 aliphatic rings. The molecule has 64 valence electrons. The second kappa shape index (κ2) is 3.71. The van der Waals surface area contributed by atoms with Crippen molar-refractivity contribution in [3.8, 4) is 0 Å². The van der Waals surface area contributed by atoms with E-state index in [0.717, 1.165) is 0 Å². The SMILES string of the molecule is NC(=O)CCn1ccccc1=O. The van der Waals surface area contributed by atoms with Gasteiger partial charge in [0.25, 0.3) is 5.56 Å². The molecule has 0 unspecified atom stereocenters. The molecule has 0 aliphatic heterocycles. The third kappa shape index (κ3) is 2.23. The van der Waals surface area contributed by atoms with Crippen LogP contribution in [0.3, 0.4) is 0 Å². The lowest BCUT2D eigenvalue weighted by atomic mass is 10.4. The van der Waals surface area contributed by atoms with Crippen molar-refractivity contribution < 1.29 is 4.79 Å². The van der Waals surface area contributed by atoms with Crippen LogP contribution in [0, 0.1) is 0 Å². The highest BCUT2D eigenvalue weighted by molar-refractivity contribution is 5.73. The molecule has 1 rings (SSSR count). The number of pyridine rings is 1. The minimum Gasteiger partial charge on any atom is -0.370 e. The average molecular weight is 166 g/mol. The summed E-state index contributed by atoms with van der Waals surface area (Å²) in [6.45, 7) is 0.356. The highest BCUT2D eigenvalue weighted by Gasteiger charge is 1.96. The Kier molecular flexibility index (Phi) is 2.63. The molecule has 1 heterocycles. The number of aromatic nitrogens is 1. The maximum atomic E-state index is 11.0. The van der Waals surface area contributed by atoms with Gasteiger partial charge in [-0.1, -0.05) is 6.07 Å². The summed E-state index contributed by atoms with van der Waals surface area (Å²) in [6, 6.07) is 4.84. The molecule has 12 heavy (non-hydrogen) atoms. The lowest BCUT2D eigenvalue weighted by Crippen LogP contribution is -2.21. The molecule has 4 nitrogen and oxygen atoms in total. The molecule has 0 saturated carbocycles. The number of rotatable bonds is 3. The summed E-state index contributed by atoms with van der Waals surface area (Å²) in [6.07, 6.45) is 1.83. The smallest absolute Gasteiger partial charge is 0.250 e. The Morgan fingerprint density at radius 3 is 2.83 bits per heavy atom. The van der Waals surface area contributed by atoms with Crippen molar-refractivity contribution in [2.24, 2.45) is 5.73 Å². The number of aryl methyl sites for hydroxylation is 1. The van der Waals surface area contributed by atoms with Gasteiger partial charge >= 0.3 is 0 Å². The summed E-state index contributed by atoms with van der Waals surface area (Å²) in [5.74, 6) is -0.397. The van der Waals surface area contributed by atoms with Crippen molar-refractivity contribution in [1.29, 1.82) is 0 Å². The number of hydrogen-bond acceptors (Lipinski definition) is 2. The van der Waals surface area contributed by atoms with Crippen molar-refractivity contribution >= 4 is 5.91 Å². The van der Waals surface area contributed by atoms with E-state index in [9.17, 15) is 9.59 Å². The summed E-state index contributed by atoms with van der Waals surface area (Å²) >= 11 is 0. The van der Waals surface area contributed by atoms with Crippen molar-refractivity contribution in [3.63, 3.8) is 0 Å². The molecule has 0 atom stereocenters. The number of carbonyl (C=O) groups excluding carboxylic acids is 1. The Morgan fingerprint density at radius 1 is 1.50 bits per heavy atom. The van der Waals surface area contributed by atoms with Crippen molar-refractivity contribution in [2.75, 3.05) is 0 Å². The molecule has 1 aromatic rings. The van der Waals surface area contributed by atoms with Crippen molar-refractivity contribution in [3.05, 3.63) is 34.7 Å². The number of nitrogens with two attached hydrogens (primary N) is 1. The van der Waals surface area contributed by atoms with Crippen LogP contribution in [0.25, 0.3) is 0 Å². The van der Waals surface area contributed by atoms with Gasteiger partial charge in [-0.15, -0.1) is 0 Å². The van der Waals surface area contributed by atoms with Crippen LogP contribution >= 0.6 is 0 Å². The van der Waals surface area contributed by atoms with Gasteiger partial charge in [0.1, 0.15) is 0 Å². The van der Waals surface area contributed by atoms with Gasteiger partial charge in [-0.3, -0.25) is 9.59 Å². The molecule has 0 fully saturated rings. The van der Waals surface area contributed by atoms with Gasteiger partial charge in [0.2, 0.25) is 5.91 Å². The summed E-state index contributed by atoms with van der Waals surface area (Å²) in [5.41, 5.74) is 4.82. The monoisotopic (exact) mass is 166 g/mol. The van der Waals surface area contributed by atoms with E-state index < -0.39 is 5.91 Å². The first-order chi connectivity index (χ1) is 5.70. The van der Waals surface area contributed by atoms with Crippen LogP contribution in [-0.4, -0.2) is 10.5 Å². The van der Waals surface area contributed by atoms with E-state index in [0.29, 0.717) is 6.54 Å². The zero-order chi connectivity index (χ0) is 8.97. The van der Waals surface area contributed by atoms with E-state index in [2.05, 4.69) is 0 Å². The largest absolute Gasteiger partial charge is 0.370 e. The van der Waals surface area contributed by atoms with Gasteiger partial charge in [-0.05, 0) is 6.07 Å². The van der Waals surface area contributed by atoms with Crippen molar-refractivity contribution in [1.82, 2.24) is 4.57 Å². The fourth-order valence-corrected chi connectivity index (χ4v) is 0.876. The summed E-state index contributed by atoms with van der Waals surface area (Å²) in [5, 5.41) is 0. The van der Waals surface area contributed by atoms with E-state index in [4.69, 9.17) is 5.73 Å². The second-order valence-corrected chi connectivity index (χ2v) is 2.45. The number of carbonyl (C=O) groups is 1. The van der Waals surface area contributed by atoms with E-state index in [-0.39, 0.29) is 12.0 Å². The molecule has 1 aromatic heterocycles. The molecular weight excluding hydrogens is 156 g/mol. The summed E-state index contributed by atoms with van der Waals surface area (Å²) < 4.78 is 1.45. The Morgan fingerprint density at radius 2 is 2.25 bits per heavy atom. The highest BCUT2D eigenvalue weighted by Crippen LogP contribution is 1.85. The van der Waals surface area contributed by atoms with Crippen molar-refractivity contribution in [2.45, 2.75) is 13.0 Å². The zero-order valence-corrected chi connectivity index (χ0v) is 6.56. The number of amides is 1. The maximum absolute atomic E-state index is 11.0. The van der Waals surface area contributed by atoms with Crippen LogP contribution in [0.5, 0.6) is 0 Å². The topological polar surface area (TPSA) is 65.1 Å². The van der Waals surface area contributed by atoms with Crippen LogP contribution in [0.4, 0.5) is 0 Å². The van der Waals surface area contributed by atoms with Gasteiger partial charge < -0.3 is 10.3 Å². The zero-order valence-electron chi connectivity index (χ0n) is 6.56. The fraction of sp³-hybridized carbons (Fsp3) is 0.250. The van der Waals surface area contributed by atoms with E-state index in [1.807, 2.05) is 0 Å². The van der Waals surface area contributed by atoms with Gasteiger partial charge in [0.15, 0.2) is 0 Å².